The van der Waals surface area contributed by atoms with Crippen LogP contribution in [0.2, 0.25) is 0 Å². The van der Waals surface area contributed by atoms with Gasteiger partial charge >= 0.3 is 0 Å². The Kier molecular flexibility index (Phi) is 6.12. The molecule has 0 saturated carbocycles. The van der Waals surface area contributed by atoms with E-state index in [1.165, 1.54) is 6.08 Å². The first kappa shape index (κ1) is 16.5. The van der Waals surface area contributed by atoms with Gasteiger partial charge in [0.15, 0.2) is 0 Å². The summed E-state index contributed by atoms with van der Waals surface area (Å²) in [7, 11) is 0. The summed E-state index contributed by atoms with van der Waals surface area (Å²) in [5, 5.41) is 5.57. The minimum absolute atomic E-state index is 0.136. The Balaban J connectivity index is 1.98. The highest BCUT2D eigenvalue weighted by atomic mass is 16.2. The van der Waals surface area contributed by atoms with Crippen molar-refractivity contribution in [1.29, 1.82) is 0 Å². The van der Waals surface area contributed by atoms with E-state index in [-0.39, 0.29) is 11.8 Å². The molecule has 0 aliphatic heterocycles. The van der Waals surface area contributed by atoms with Gasteiger partial charge in [-0.2, -0.15) is 0 Å². The van der Waals surface area contributed by atoms with Crippen molar-refractivity contribution in [2.45, 2.75) is 13.3 Å². The Hall–Kier alpha value is -2.88. The molecule has 2 amide bonds. The number of carbonyl (C=O) groups is 2. The van der Waals surface area contributed by atoms with Crippen LogP contribution < -0.4 is 10.6 Å². The molecule has 0 radical (unpaired) electrons. The molecule has 0 unspecified atom stereocenters. The van der Waals surface area contributed by atoms with Crippen molar-refractivity contribution in [1.82, 2.24) is 5.32 Å². The fourth-order valence-corrected chi connectivity index (χ4v) is 2.00. The lowest BCUT2D eigenvalue weighted by Crippen LogP contribution is -2.24. The number of nitrogens with one attached hydrogen (secondary N) is 2. The second kappa shape index (κ2) is 8.54. The molecule has 2 rings (SSSR count). The monoisotopic (exact) mass is 308 g/mol. The van der Waals surface area contributed by atoms with Crippen LogP contribution in [0.15, 0.2) is 60.7 Å². The molecule has 0 atom stereocenters. The number of benzene rings is 2. The van der Waals surface area contributed by atoms with Gasteiger partial charge in [-0.3, -0.25) is 9.59 Å². The van der Waals surface area contributed by atoms with Crippen LogP contribution in [0.25, 0.3) is 6.08 Å². The second-order valence-electron chi connectivity index (χ2n) is 5.07. The summed E-state index contributed by atoms with van der Waals surface area (Å²) in [5.41, 5.74) is 2.08. The third-order valence-corrected chi connectivity index (χ3v) is 3.15. The molecule has 0 spiro atoms. The summed E-state index contributed by atoms with van der Waals surface area (Å²) in [6.07, 6.45) is 4.10. The van der Waals surface area contributed by atoms with Gasteiger partial charge in [-0.1, -0.05) is 43.3 Å². The van der Waals surface area contributed by atoms with Gasteiger partial charge in [0, 0.05) is 23.9 Å². The molecule has 0 aromatic heterocycles. The van der Waals surface area contributed by atoms with E-state index in [0.717, 1.165) is 12.0 Å². The van der Waals surface area contributed by atoms with E-state index in [2.05, 4.69) is 10.6 Å². The fraction of sp³-hybridized carbons (Fsp3) is 0.158. The van der Waals surface area contributed by atoms with E-state index >= 15 is 0 Å². The van der Waals surface area contributed by atoms with Gasteiger partial charge in [-0.25, -0.2) is 0 Å². The third kappa shape index (κ3) is 5.43. The summed E-state index contributed by atoms with van der Waals surface area (Å²) in [4.78, 5) is 23.9. The first-order chi connectivity index (χ1) is 11.2. The maximum absolute atomic E-state index is 11.9. The standard InChI is InChI=1S/C19H20N2O2/c1-2-13-20-19(23)16-9-6-10-17(14-16)21-18(22)12-11-15-7-4-3-5-8-15/h3-12,14H,2,13H2,1H3,(H,20,23)(H,21,22)/b12-11+. The van der Waals surface area contributed by atoms with E-state index in [1.54, 1.807) is 30.3 Å². The van der Waals surface area contributed by atoms with Crippen molar-refractivity contribution in [3.8, 4) is 0 Å². The Morgan fingerprint density at radius 2 is 1.83 bits per heavy atom. The van der Waals surface area contributed by atoms with Gasteiger partial charge in [0.1, 0.15) is 0 Å². The molecular formula is C19H20N2O2. The van der Waals surface area contributed by atoms with Crippen LogP contribution >= 0.6 is 0 Å². The third-order valence-electron chi connectivity index (χ3n) is 3.15. The SMILES string of the molecule is CCCNC(=O)c1cccc(NC(=O)/C=C/c2ccccc2)c1. The molecule has 23 heavy (non-hydrogen) atoms. The van der Waals surface area contributed by atoms with E-state index in [1.807, 2.05) is 37.3 Å². The van der Waals surface area contributed by atoms with E-state index < -0.39 is 0 Å². The Morgan fingerprint density at radius 1 is 1.04 bits per heavy atom. The minimum Gasteiger partial charge on any atom is -0.352 e. The molecule has 0 bridgehead atoms. The lowest BCUT2D eigenvalue weighted by molar-refractivity contribution is -0.111. The highest BCUT2D eigenvalue weighted by Crippen LogP contribution is 2.11. The molecule has 0 saturated heterocycles. The molecule has 0 heterocycles. The largest absolute Gasteiger partial charge is 0.352 e. The van der Waals surface area contributed by atoms with Gasteiger partial charge in [0.25, 0.3) is 5.91 Å². The van der Waals surface area contributed by atoms with Gasteiger partial charge in [0.05, 0.1) is 0 Å². The summed E-state index contributed by atoms with van der Waals surface area (Å²) in [6.45, 7) is 2.63. The number of amides is 2. The van der Waals surface area contributed by atoms with E-state index in [4.69, 9.17) is 0 Å². The molecule has 0 aliphatic rings. The normalized spacial score (nSPS) is 10.5. The van der Waals surface area contributed by atoms with Crippen molar-refractivity contribution in [3.63, 3.8) is 0 Å². The van der Waals surface area contributed by atoms with Crippen LogP contribution in [0.1, 0.15) is 29.3 Å². The number of hydrogen-bond donors (Lipinski definition) is 2. The predicted molar refractivity (Wildman–Crippen MR) is 93.2 cm³/mol. The lowest BCUT2D eigenvalue weighted by atomic mass is 10.2. The molecule has 4 nitrogen and oxygen atoms in total. The summed E-state index contributed by atoms with van der Waals surface area (Å²) in [6, 6.07) is 16.5. The maximum atomic E-state index is 11.9. The highest BCUT2D eigenvalue weighted by molar-refractivity contribution is 6.03. The number of hydrogen-bond acceptors (Lipinski definition) is 2. The molecule has 4 heteroatoms. The summed E-state index contributed by atoms with van der Waals surface area (Å²) < 4.78 is 0. The minimum atomic E-state index is -0.236. The Morgan fingerprint density at radius 3 is 2.57 bits per heavy atom. The van der Waals surface area contributed by atoms with Crippen LogP contribution in [-0.2, 0) is 4.79 Å². The Labute approximate surface area is 136 Å². The zero-order valence-electron chi connectivity index (χ0n) is 13.1. The number of anilines is 1. The average Bonchev–Trinajstić information content (AvgIpc) is 2.59. The quantitative estimate of drug-likeness (QED) is 0.803. The fourth-order valence-electron chi connectivity index (χ4n) is 2.00. The van der Waals surface area contributed by atoms with Crippen LogP contribution in [0, 0.1) is 0 Å². The molecule has 0 fully saturated rings. The van der Waals surface area contributed by atoms with Gasteiger partial charge < -0.3 is 10.6 Å². The topological polar surface area (TPSA) is 58.2 Å². The van der Waals surface area contributed by atoms with Gasteiger partial charge in [0.2, 0.25) is 5.91 Å². The number of rotatable bonds is 6. The molecular weight excluding hydrogens is 288 g/mol. The summed E-state index contributed by atoms with van der Waals surface area (Å²) in [5.74, 6) is -0.372. The number of carbonyl (C=O) groups excluding carboxylic acids is 2. The van der Waals surface area contributed by atoms with Crippen LogP contribution in [0.3, 0.4) is 0 Å². The molecule has 118 valence electrons. The van der Waals surface area contributed by atoms with Crippen molar-refractivity contribution in [2.75, 3.05) is 11.9 Å². The van der Waals surface area contributed by atoms with Crippen molar-refractivity contribution in [2.24, 2.45) is 0 Å². The van der Waals surface area contributed by atoms with Crippen LogP contribution in [0.4, 0.5) is 5.69 Å². The van der Waals surface area contributed by atoms with Gasteiger partial charge in [-0.15, -0.1) is 0 Å². The molecule has 0 aliphatic carbocycles. The molecule has 2 N–H and O–H groups in total. The predicted octanol–water partition coefficient (Wildman–Crippen LogP) is 3.48. The smallest absolute Gasteiger partial charge is 0.251 e. The lowest BCUT2D eigenvalue weighted by Gasteiger charge is -2.06. The van der Waals surface area contributed by atoms with Crippen molar-refractivity contribution < 1.29 is 9.59 Å². The highest BCUT2D eigenvalue weighted by Gasteiger charge is 2.06. The van der Waals surface area contributed by atoms with Crippen LogP contribution in [0.5, 0.6) is 0 Å². The van der Waals surface area contributed by atoms with Crippen molar-refractivity contribution in [3.05, 3.63) is 71.8 Å². The second-order valence-corrected chi connectivity index (χ2v) is 5.07. The average molecular weight is 308 g/mol. The zero-order valence-corrected chi connectivity index (χ0v) is 13.1. The first-order valence-electron chi connectivity index (χ1n) is 7.61. The maximum Gasteiger partial charge on any atom is 0.251 e. The Bertz CT molecular complexity index is 694. The first-order valence-corrected chi connectivity index (χ1v) is 7.61. The zero-order chi connectivity index (χ0) is 16.5. The molecule has 2 aromatic rings. The van der Waals surface area contributed by atoms with E-state index in [0.29, 0.717) is 17.8 Å². The molecule has 2 aromatic carbocycles. The van der Waals surface area contributed by atoms with Crippen LogP contribution in [-0.4, -0.2) is 18.4 Å². The van der Waals surface area contributed by atoms with E-state index in [9.17, 15) is 9.59 Å². The van der Waals surface area contributed by atoms with Crippen molar-refractivity contribution >= 4 is 23.6 Å². The summed E-state index contributed by atoms with van der Waals surface area (Å²) >= 11 is 0. The van der Waals surface area contributed by atoms with Gasteiger partial charge in [-0.05, 0) is 36.3 Å².